The lowest BCUT2D eigenvalue weighted by molar-refractivity contribution is -0.124. The molecule has 26 heavy (non-hydrogen) atoms. The monoisotopic (exact) mass is 386 g/mol. The molecule has 10 heteroatoms. The quantitative estimate of drug-likeness (QED) is 0.583. The highest BCUT2D eigenvalue weighted by molar-refractivity contribution is 5.85. The van der Waals surface area contributed by atoms with E-state index in [2.05, 4.69) is 26.2 Å². The summed E-state index contributed by atoms with van der Waals surface area (Å²) in [7, 11) is 1.64. The maximum Gasteiger partial charge on any atom is 0.245 e. The number of carbonyl (C=O) groups excluding carboxylic acids is 1. The highest BCUT2D eigenvalue weighted by Crippen LogP contribution is 2.15. The molecule has 0 bridgehead atoms. The second-order valence-electron chi connectivity index (χ2n) is 5.55. The summed E-state index contributed by atoms with van der Waals surface area (Å²) in [5.41, 5.74) is 0.828. The Morgan fingerprint density at radius 2 is 2.00 bits per heavy atom. The molecule has 0 saturated heterocycles. The lowest BCUT2D eigenvalue weighted by Gasteiger charge is -2.18. The third-order valence-electron chi connectivity index (χ3n) is 3.68. The molecule has 2 aromatic rings. The van der Waals surface area contributed by atoms with Crippen LogP contribution in [-0.2, 0) is 16.0 Å². The summed E-state index contributed by atoms with van der Waals surface area (Å²) in [6.07, 6.45) is 0.370. The number of amides is 1. The normalized spacial score (nSPS) is 11.7. The zero-order valence-corrected chi connectivity index (χ0v) is 15.6. The standard InChI is InChI=1S/C16H23FN6O2.ClH/c1-12-20-21-22-23(12)15(11-13-3-5-14(17)6-4-13)16(24)19-8-7-18-9-10-25-2;/h3-6,15,18H,7-11H2,1-2H3,(H,19,24);1H. The Morgan fingerprint density at radius 1 is 1.27 bits per heavy atom. The van der Waals surface area contributed by atoms with E-state index in [1.165, 1.54) is 16.8 Å². The Balaban J connectivity index is 0.00000338. The van der Waals surface area contributed by atoms with Crippen molar-refractivity contribution in [2.45, 2.75) is 19.4 Å². The topological polar surface area (TPSA) is 94.0 Å². The molecule has 1 aromatic heterocycles. The molecule has 1 atom stereocenters. The number of halogens is 2. The summed E-state index contributed by atoms with van der Waals surface area (Å²) in [6, 6.07) is 5.45. The number of hydrogen-bond donors (Lipinski definition) is 2. The number of nitrogens with zero attached hydrogens (tertiary/aromatic N) is 4. The van der Waals surface area contributed by atoms with Crippen molar-refractivity contribution in [3.63, 3.8) is 0 Å². The van der Waals surface area contributed by atoms with Crippen molar-refractivity contribution < 1.29 is 13.9 Å². The number of rotatable bonds is 10. The molecule has 0 aliphatic rings. The van der Waals surface area contributed by atoms with Gasteiger partial charge in [-0.05, 0) is 35.0 Å². The third kappa shape index (κ3) is 6.66. The molecular formula is C16H24ClFN6O2. The van der Waals surface area contributed by atoms with Crippen molar-refractivity contribution in [1.29, 1.82) is 0 Å². The predicted octanol–water partition coefficient (Wildman–Crippen LogP) is 0.678. The van der Waals surface area contributed by atoms with Crippen LogP contribution in [0.4, 0.5) is 4.39 Å². The van der Waals surface area contributed by atoms with Crippen LogP contribution in [0, 0.1) is 12.7 Å². The van der Waals surface area contributed by atoms with Crippen LogP contribution in [0.1, 0.15) is 17.4 Å². The molecule has 8 nitrogen and oxygen atoms in total. The van der Waals surface area contributed by atoms with Crippen LogP contribution in [0.5, 0.6) is 0 Å². The average Bonchev–Trinajstić information content (AvgIpc) is 3.03. The maximum atomic E-state index is 13.1. The van der Waals surface area contributed by atoms with Crippen molar-refractivity contribution in [2.75, 3.05) is 33.4 Å². The minimum absolute atomic E-state index is 0. The number of aryl methyl sites for hydroxylation is 1. The molecule has 0 aliphatic carbocycles. The predicted molar refractivity (Wildman–Crippen MR) is 96.7 cm³/mol. The van der Waals surface area contributed by atoms with E-state index in [9.17, 15) is 9.18 Å². The number of nitrogens with one attached hydrogen (secondary N) is 2. The van der Waals surface area contributed by atoms with Gasteiger partial charge >= 0.3 is 0 Å². The number of ether oxygens (including phenoxy) is 1. The Hall–Kier alpha value is -2.10. The highest BCUT2D eigenvalue weighted by atomic mass is 35.5. The summed E-state index contributed by atoms with van der Waals surface area (Å²) < 4.78 is 19.5. The summed E-state index contributed by atoms with van der Waals surface area (Å²) in [5, 5.41) is 17.4. The molecule has 1 aromatic carbocycles. The van der Waals surface area contributed by atoms with Crippen LogP contribution in [-0.4, -0.2) is 59.5 Å². The van der Waals surface area contributed by atoms with Crippen LogP contribution in [0.25, 0.3) is 0 Å². The Kier molecular flexibility index (Phi) is 9.71. The number of tetrazole rings is 1. The summed E-state index contributed by atoms with van der Waals surface area (Å²) in [4.78, 5) is 12.6. The molecule has 1 unspecified atom stereocenters. The highest BCUT2D eigenvalue weighted by Gasteiger charge is 2.23. The van der Waals surface area contributed by atoms with E-state index in [0.29, 0.717) is 31.9 Å². The van der Waals surface area contributed by atoms with Gasteiger partial charge in [0.15, 0.2) is 0 Å². The van der Waals surface area contributed by atoms with Gasteiger partial charge in [-0.3, -0.25) is 4.79 Å². The van der Waals surface area contributed by atoms with Crippen LogP contribution < -0.4 is 10.6 Å². The number of hydrogen-bond acceptors (Lipinski definition) is 6. The molecule has 0 fully saturated rings. The summed E-state index contributed by atoms with van der Waals surface area (Å²) in [5.74, 6) is 0.0410. The number of aromatic nitrogens is 4. The second-order valence-corrected chi connectivity index (χ2v) is 5.55. The van der Waals surface area contributed by atoms with E-state index in [4.69, 9.17) is 4.74 Å². The van der Waals surface area contributed by atoms with Crippen molar-refractivity contribution in [1.82, 2.24) is 30.8 Å². The van der Waals surface area contributed by atoms with Crippen molar-refractivity contribution in [3.05, 3.63) is 41.5 Å². The van der Waals surface area contributed by atoms with Gasteiger partial charge in [-0.25, -0.2) is 9.07 Å². The van der Waals surface area contributed by atoms with Gasteiger partial charge in [-0.2, -0.15) is 0 Å². The van der Waals surface area contributed by atoms with E-state index >= 15 is 0 Å². The number of benzene rings is 1. The molecule has 0 aliphatic heterocycles. The first-order valence-electron chi connectivity index (χ1n) is 8.08. The lowest BCUT2D eigenvalue weighted by atomic mass is 10.1. The van der Waals surface area contributed by atoms with Crippen molar-refractivity contribution >= 4 is 18.3 Å². The van der Waals surface area contributed by atoms with Gasteiger partial charge in [-0.15, -0.1) is 17.5 Å². The van der Waals surface area contributed by atoms with Crippen molar-refractivity contribution in [3.8, 4) is 0 Å². The molecule has 2 N–H and O–H groups in total. The molecule has 1 amide bonds. The largest absolute Gasteiger partial charge is 0.383 e. The van der Waals surface area contributed by atoms with Gasteiger partial charge in [0.1, 0.15) is 17.7 Å². The van der Waals surface area contributed by atoms with E-state index in [1.54, 1.807) is 26.2 Å². The first-order valence-corrected chi connectivity index (χ1v) is 8.08. The first kappa shape index (κ1) is 21.9. The third-order valence-corrected chi connectivity index (χ3v) is 3.68. The van der Waals surface area contributed by atoms with Gasteiger partial charge in [0.05, 0.1) is 6.61 Å². The SMILES string of the molecule is COCCNCCNC(=O)C(Cc1ccc(F)cc1)n1nnnc1C.Cl. The lowest BCUT2D eigenvalue weighted by Crippen LogP contribution is -2.39. The fraction of sp³-hybridized carbons (Fsp3) is 0.500. The van der Waals surface area contributed by atoms with Gasteiger partial charge in [0.2, 0.25) is 5.91 Å². The fourth-order valence-electron chi connectivity index (χ4n) is 2.35. The summed E-state index contributed by atoms with van der Waals surface area (Å²) in [6.45, 7) is 4.18. The molecule has 0 spiro atoms. The molecule has 1 heterocycles. The van der Waals surface area contributed by atoms with Crippen LogP contribution >= 0.6 is 12.4 Å². The van der Waals surface area contributed by atoms with Crippen LogP contribution in [0.2, 0.25) is 0 Å². The fourth-order valence-corrected chi connectivity index (χ4v) is 2.35. The molecule has 144 valence electrons. The van der Waals surface area contributed by atoms with Gasteiger partial charge in [-0.1, -0.05) is 12.1 Å². The van der Waals surface area contributed by atoms with Gasteiger partial charge in [0, 0.05) is 33.2 Å². The first-order chi connectivity index (χ1) is 12.1. The minimum atomic E-state index is -0.598. The molecule has 0 saturated carbocycles. The molecule has 0 radical (unpaired) electrons. The van der Waals surface area contributed by atoms with Gasteiger partial charge in [0.25, 0.3) is 0 Å². The van der Waals surface area contributed by atoms with Crippen LogP contribution in [0.3, 0.4) is 0 Å². The van der Waals surface area contributed by atoms with Crippen LogP contribution in [0.15, 0.2) is 24.3 Å². The summed E-state index contributed by atoms with van der Waals surface area (Å²) >= 11 is 0. The van der Waals surface area contributed by atoms with E-state index in [-0.39, 0.29) is 24.1 Å². The Labute approximate surface area is 157 Å². The molecule has 2 rings (SSSR count). The number of carbonyl (C=O) groups is 1. The van der Waals surface area contributed by atoms with E-state index in [0.717, 1.165) is 12.1 Å². The zero-order chi connectivity index (χ0) is 18.1. The van der Waals surface area contributed by atoms with E-state index in [1.807, 2.05) is 0 Å². The average molecular weight is 387 g/mol. The Morgan fingerprint density at radius 3 is 2.62 bits per heavy atom. The van der Waals surface area contributed by atoms with E-state index < -0.39 is 6.04 Å². The maximum absolute atomic E-state index is 13.1. The molecular weight excluding hydrogens is 363 g/mol. The second kappa shape index (κ2) is 11.5. The zero-order valence-electron chi connectivity index (χ0n) is 14.8. The van der Waals surface area contributed by atoms with Crippen molar-refractivity contribution in [2.24, 2.45) is 0 Å². The minimum Gasteiger partial charge on any atom is -0.383 e. The van der Waals surface area contributed by atoms with Gasteiger partial charge < -0.3 is 15.4 Å². The Bertz CT molecular complexity index is 667. The number of methoxy groups -OCH3 is 1. The smallest absolute Gasteiger partial charge is 0.245 e.